The highest BCUT2D eigenvalue weighted by Crippen LogP contribution is 2.27. The molecule has 4 N–H and O–H groups in total. The molecule has 0 bridgehead atoms. The van der Waals surface area contributed by atoms with Crippen LogP contribution in [0, 0.1) is 5.82 Å². The van der Waals surface area contributed by atoms with Crippen molar-refractivity contribution in [3.05, 3.63) is 82.9 Å². The lowest BCUT2D eigenvalue weighted by Gasteiger charge is -2.09. The number of rotatable bonds is 10. The van der Waals surface area contributed by atoms with Crippen molar-refractivity contribution in [2.45, 2.75) is 13.3 Å². The number of carbonyl (C=O) groups is 3. The molecule has 174 valence electrons. The molecule has 2 aromatic heterocycles. The monoisotopic (exact) mass is 481 g/mol. The molecule has 0 unspecified atom stereocenters. The molecule has 3 rings (SSSR count). The van der Waals surface area contributed by atoms with Crippen molar-refractivity contribution in [2.75, 3.05) is 5.32 Å². The highest BCUT2D eigenvalue weighted by Gasteiger charge is 2.15. The summed E-state index contributed by atoms with van der Waals surface area (Å²) < 4.78 is 20.0. The molecule has 0 radical (unpaired) electrons. The van der Waals surface area contributed by atoms with E-state index in [-0.39, 0.29) is 29.5 Å². The van der Waals surface area contributed by atoms with E-state index in [1.165, 1.54) is 48.0 Å². The van der Waals surface area contributed by atoms with Gasteiger partial charge in [0.1, 0.15) is 5.56 Å². The summed E-state index contributed by atoms with van der Waals surface area (Å²) in [6.07, 6.45) is 6.81. The van der Waals surface area contributed by atoms with Gasteiger partial charge in [-0.3, -0.25) is 14.4 Å². The summed E-state index contributed by atoms with van der Waals surface area (Å²) in [6, 6.07) is 6.97. The maximum Gasteiger partial charge on any atom is 0.254 e. The first-order chi connectivity index (χ1) is 16.4. The molecule has 2 heterocycles. The number of nitrogens with one attached hydrogen (secondary N) is 2. The van der Waals surface area contributed by atoms with Crippen LogP contribution < -0.4 is 21.1 Å². The summed E-state index contributed by atoms with van der Waals surface area (Å²) in [4.78, 5) is 42.5. The summed E-state index contributed by atoms with van der Waals surface area (Å²) in [5.74, 6) is -2.13. The second kappa shape index (κ2) is 11.5. The van der Waals surface area contributed by atoms with Crippen molar-refractivity contribution in [2.24, 2.45) is 5.73 Å². The largest absolute Gasteiger partial charge is 0.435 e. The topological polar surface area (TPSA) is 136 Å². The highest BCUT2D eigenvalue weighted by molar-refractivity contribution is 7.14. The standard InChI is InChI=1S/C23H20FN5O4S/c1-2-15(7-9-26-13-30)18-12-34-23(28-18)29-20(31)11-14-5-6-19(17(24)10-14)33-22-16(21(25)32)4-3-8-27-22/h2-10,12-13H,11H2,1H3,(H2,25,32)(H,26,30)(H,28,29,31)/b9-7-,15-2+. The van der Waals surface area contributed by atoms with Gasteiger partial charge in [0.05, 0.1) is 12.1 Å². The fourth-order valence-corrected chi connectivity index (χ4v) is 3.56. The summed E-state index contributed by atoms with van der Waals surface area (Å²) in [5.41, 5.74) is 7.10. The van der Waals surface area contributed by atoms with Crippen LogP contribution in [0.25, 0.3) is 5.57 Å². The number of hydrogen-bond acceptors (Lipinski definition) is 7. The number of halogens is 1. The Hall–Kier alpha value is -4.38. The van der Waals surface area contributed by atoms with Crippen LogP contribution in [-0.2, 0) is 16.0 Å². The number of amides is 3. The maximum absolute atomic E-state index is 14.6. The van der Waals surface area contributed by atoms with Crippen LogP contribution in [0.5, 0.6) is 11.6 Å². The molecule has 1 aromatic carbocycles. The van der Waals surface area contributed by atoms with E-state index in [4.69, 9.17) is 10.5 Å². The number of allylic oxidation sites excluding steroid dienone is 3. The average Bonchev–Trinajstić information content (AvgIpc) is 3.26. The number of ether oxygens (including phenoxy) is 1. The molecule has 0 saturated heterocycles. The van der Waals surface area contributed by atoms with Crippen LogP contribution in [0.1, 0.15) is 28.5 Å². The number of aromatic nitrogens is 2. The number of nitrogens with zero attached hydrogens (tertiary/aromatic N) is 2. The summed E-state index contributed by atoms with van der Waals surface area (Å²) >= 11 is 1.24. The molecule has 0 aliphatic heterocycles. The Labute approximate surface area is 198 Å². The van der Waals surface area contributed by atoms with E-state index in [9.17, 15) is 18.8 Å². The third-order valence-corrected chi connectivity index (χ3v) is 5.15. The van der Waals surface area contributed by atoms with Gasteiger partial charge in [-0.25, -0.2) is 14.4 Å². The quantitative estimate of drug-likeness (QED) is 0.300. The van der Waals surface area contributed by atoms with E-state index in [2.05, 4.69) is 20.6 Å². The average molecular weight is 482 g/mol. The fourth-order valence-electron chi connectivity index (χ4n) is 2.82. The van der Waals surface area contributed by atoms with Gasteiger partial charge in [-0.05, 0) is 48.4 Å². The first kappa shape index (κ1) is 24.3. The number of hydrogen-bond donors (Lipinski definition) is 3. The van der Waals surface area contributed by atoms with Crippen LogP contribution in [-0.4, -0.2) is 28.2 Å². The van der Waals surface area contributed by atoms with Crippen molar-refractivity contribution in [3.8, 4) is 11.6 Å². The third-order valence-electron chi connectivity index (χ3n) is 4.39. The molecule has 0 saturated carbocycles. The molecule has 0 fully saturated rings. The smallest absolute Gasteiger partial charge is 0.254 e. The van der Waals surface area contributed by atoms with Gasteiger partial charge in [-0.2, -0.15) is 0 Å². The predicted octanol–water partition coefficient (Wildman–Crippen LogP) is 3.41. The number of primary amides is 1. The normalized spacial score (nSPS) is 11.3. The molecule has 34 heavy (non-hydrogen) atoms. The third kappa shape index (κ3) is 6.33. The predicted molar refractivity (Wildman–Crippen MR) is 126 cm³/mol. The maximum atomic E-state index is 14.6. The minimum Gasteiger partial charge on any atom is -0.435 e. The lowest BCUT2D eigenvalue weighted by atomic mass is 10.1. The molecular formula is C23H20FN5O4S. The number of pyridine rings is 1. The number of thiazole rings is 1. The van der Waals surface area contributed by atoms with Gasteiger partial charge in [-0.1, -0.05) is 12.1 Å². The van der Waals surface area contributed by atoms with E-state index in [1.54, 1.807) is 11.5 Å². The van der Waals surface area contributed by atoms with Crippen molar-refractivity contribution >= 4 is 40.3 Å². The SMILES string of the molecule is C/C=C(\C=C/NC=O)c1csc(NC(=O)Cc2ccc(Oc3ncccc3C(N)=O)c(F)c2)n1. The van der Waals surface area contributed by atoms with Crippen molar-refractivity contribution in [3.63, 3.8) is 0 Å². The summed E-state index contributed by atoms with van der Waals surface area (Å²) in [5, 5.41) is 7.24. The molecule has 3 aromatic rings. The van der Waals surface area contributed by atoms with E-state index in [1.807, 2.05) is 13.0 Å². The summed E-state index contributed by atoms with van der Waals surface area (Å²) in [7, 11) is 0. The van der Waals surface area contributed by atoms with Gasteiger partial charge in [0.15, 0.2) is 16.7 Å². The van der Waals surface area contributed by atoms with Crippen LogP contribution >= 0.6 is 11.3 Å². The Morgan fingerprint density at radius 1 is 1.29 bits per heavy atom. The molecule has 0 aliphatic carbocycles. The molecular weight excluding hydrogens is 461 g/mol. The fraction of sp³-hybridized carbons (Fsp3) is 0.0870. The Balaban J connectivity index is 1.64. The molecule has 9 nitrogen and oxygen atoms in total. The zero-order chi connectivity index (χ0) is 24.5. The van der Waals surface area contributed by atoms with Crippen LogP contribution in [0.3, 0.4) is 0 Å². The van der Waals surface area contributed by atoms with Gasteiger partial charge in [0, 0.05) is 17.8 Å². The van der Waals surface area contributed by atoms with E-state index in [0.717, 1.165) is 11.6 Å². The van der Waals surface area contributed by atoms with Crippen LogP contribution in [0.2, 0.25) is 0 Å². The Morgan fingerprint density at radius 2 is 2.12 bits per heavy atom. The molecule has 3 amide bonds. The Kier molecular flexibility index (Phi) is 8.19. The van der Waals surface area contributed by atoms with Gasteiger partial charge in [0.25, 0.3) is 5.91 Å². The number of anilines is 1. The first-order valence-electron chi connectivity index (χ1n) is 9.90. The minimum absolute atomic E-state index is 0.0183. The molecule has 0 spiro atoms. The van der Waals surface area contributed by atoms with E-state index in [0.29, 0.717) is 22.8 Å². The Morgan fingerprint density at radius 3 is 2.82 bits per heavy atom. The number of carbonyl (C=O) groups excluding carboxylic acids is 3. The first-order valence-corrected chi connectivity index (χ1v) is 10.8. The second-order valence-corrected chi connectivity index (χ2v) is 7.57. The van der Waals surface area contributed by atoms with E-state index >= 15 is 0 Å². The molecule has 0 atom stereocenters. The van der Waals surface area contributed by atoms with Crippen LogP contribution in [0.4, 0.5) is 9.52 Å². The van der Waals surface area contributed by atoms with Crippen molar-refractivity contribution < 1.29 is 23.5 Å². The van der Waals surface area contributed by atoms with Crippen molar-refractivity contribution in [1.82, 2.24) is 15.3 Å². The Bertz CT molecular complexity index is 1270. The lowest BCUT2D eigenvalue weighted by Crippen LogP contribution is -2.14. The lowest BCUT2D eigenvalue weighted by molar-refractivity contribution is -0.115. The second-order valence-electron chi connectivity index (χ2n) is 6.71. The zero-order valence-electron chi connectivity index (χ0n) is 17.9. The minimum atomic E-state index is -0.752. The van der Waals surface area contributed by atoms with Gasteiger partial charge in [-0.15, -0.1) is 11.3 Å². The van der Waals surface area contributed by atoms with Gasteiger partial charge in [0.2, 0.25) is 18.2 Å². The summed E-state index contributed by atoms with van der Waals surface area (Å²) in [6.45, 7) is 1.82. The highest BCUT2D eigenvalue weighted by atomic mass is 32.1. The molecule has 0 aliphatic rings. The van der Waals surface area contributed by atoms with E-state index < -0.39 is 11.7 Å². The van der Waals surface area contributed by atoms with Crippen LogP contribution in [0.15, 0.2) is 60.3 Å². The number of benzene rings is 1. The number of nitrogens with two attached hydrogens (primary N) is 1. The van der Waals surface area contributed by atoms with Gasteiger partial charge >= 0.3 is 0 Å². The zero-order valence-corrected chi connectivity index (χ0v) is 18.8. The van der Waals surface area contributed by atoms with Gasteiger partial charge < -0.3 is 21.1 Å². The molecule has 11 heteroatoms. The van der Waals surface area contributed by atoms with Crippen molar-refractivity contribution in [1.29, 1.82) is 0 Å².